The van der Waals surface area contributed by atoms with Crippen molar-refractivity contribution >= 4 is 15.5 Å². The van der Waals surface area contributed by atoms with Gasteiger partial charge in [-0.1, -0.05) is 6.07 Å². The Morgan fingerprint density at radius 3 is 2.83 bits per heavy atom. The monoisotopic (exact) mass is 269 g/mol. The van der Waals surface area contributed by atoms with Crippen LogP contribution in [0.25, 0.3) is 0 Å². The van der Waals surface area contributed by atoms with Gasteiger partial charge in [0.2, 0.25) is 0 Å². The summed E-state index contributed by atoms with van der Waals surface area (Å²) in [5, 5.41) is 8.88. The van der Waals surface area contributed by atoms with Gasteiger partial charge in [0.1, 0.15) is 0 Å². The SMILES string of the molecule is Cc1ccc2c(c1)S(=O)(=O)CC(CCCO)N2C. The van der Waals surface area contributed by atoms with E-state index in [1.54, 1.807) is 6.07 Å². The van der Waals surface area contributed by atoms with Crippen LogP contribution in [0.3, 0.4) is 0 Å². The van der Waals surface area contributed by atoms with Crippen molar-refractivity contribution in [2.24, 2.45) is 0 Å². The summed E-state index contributed by atoms with van der Waals surface area (Å²) in [7, 11) is -1.28. The zero-order chi connectivity index (χ0) is 13.3. The van der Waals surface area contributed by atoms with E-state index in [-0.39, 0.29) is 18.4 Å². The van der Waals surface area contributed by atoms with Gasteiger partial charge < -0.3 is 10.0 Å². The van der Waals surface area contributed by atoms with Crippen LogP contribution in [0.15, 0.2) is 23.1 Å². The predicted molar refractivity (Wildman–Crippen MR) is 71.7 cm³/mol. The topological polar surface area (TPSA) is 57.6 Å². The lowest BCUT2D eigenvalue weighted by Gasteiger charge is -2.35. The Kier molecular flexibility index (Phi) is 3.64. The van der Waals surface area contributed by atoms with Crippen molar-refractivity contribution < 1.29 is 13.5 Å². The Bertz CT molecular complexity index is 539. The molecule has 1 aliphatic rings. The van der Waals surface area contributed by atoms with Crippen molar-refractivity contribution in [2.75, 3.05) is 24.3 Å². The molecule has 1 aliphatic heterocycles. The molecule has 1 N–H and O–H groups in total. The Morgan fingerprint density at radius 1 is 1.44 bits per heavy atom. The summed E-state index contributed by atoms with van der Waals surface area (Å²) < 4.78 is 24.5. The number of nitrogens with zero attached hydrogens (tertiary/aromatic N) is 1. The minimum absolute atomic E-state index is 0.0441. The second kappa shape index (κ2) is 4.90. The number of fused-ring (bicyclic) bond motifs is 1. The van der Waals surface area contributed by atoms with Gasteiger partial charge in [-0.3, -0.25) is 0 Å². The molecule has 0 bridgehead atoms. The fourth-order valence-corrected chi connectivity index (χ4v) is 4.39. The van der Waals surface area contributed by atoms with Crippen molar-refractivity contribution in [1.29, 1.82) is 0 Å². The highest BCUT2D eigenvalue weighted by Gasteiger charge is 2.33. The molecule has 5 heteroatoms. The first-order valence-electron chi connectivity index (χ1n) is 6.13. The van der Waals surface area contributed by atoms with E-state index in [9.17, 15) is 8.42 Å². The van der Waals surface area contributed by atoms with Gasteiger partial charge in [0.25, 0.3) is 0 Å². The van der Waals surface area contributed by atoms with Gasteiger partial charge in [-0.2, -0.15) is 0 Å². The molecule has 0 aliphatic carbocycles. The number of aryl methyl sites for hydroxylation is 1. The van der Waals surface area contributed by atoms with E-state index >= 15 is 0 Å². The molecule has 1 unspecified atom stereocenters. The predicted octanol–water partition coefficient (Wildman–Crippen LogP) is 1.36. The van der Waals surface area contributed by atoms with E-state index in [1.165, 1.54) is 0 Å². The molecule has 0 saturated heterocycles. The van der Waals surface area contributed by atoms with Crippen molar-refractivity contribution in [1.82, 2.24) is 0 Å². The lowest BCUT2D eigenvalue weighted by Crippen LogP contribution is -2.42. The first-order valence-corrected chi connectivity index (χ1v) is 7.78. The number of hydrogen-bond acceptors (Lipinski definition) is 4. The van der Waals surface area contributed by atoms with Gasteiger partial charge in [0, 0.05) is 19.7 Å². The number of hydrogen-bond donors (Lipinski definition) is 1. The highest BCUT2D eigenvalue weighted by molar-refractivity contribution is 7.91. The van der Waals surface area contributed by atoms with Crippen molar-refractivity contribution in [2.45, 2.75) is 30.7 Å². The molecule has 0 amide bonds. The first-order chi connectivity index (χ1) is 8.45. The zero-order valence-corrected chi connectivity index (χ0v) is 11.6. The van der Waals surface area contributed by atoms with Gasteiger partial charge in [0.05, 0.1) is 16.3 Å². The average Bonchev–Trinajstić information content (AvgIpc) is 2.32. The molecule has 0 spiro atoms. The first kappa shape index (κ1) is 13.4. The van der Waals surface area contributed by atoms with Gasteiger partial charge in [-0.05, 0) is 37.5 Å². The summed E-state index contributed by atoms with van der Waals surface area (Å²) in [4.78, 5) is 2.45. The molecule has 4 nitrogen and oxygen atoms in total. The van der Waals surface area contributed by atoms with Gasteiger partial charge in [0.15, 0.2) is 9.84 Å². The lowest BCUT2D eigenvalue weighted by molar-refractivity contribution is 0.280. The second-order valence-electron chi connectivity index (χ2n) is 4.88. The Balaban J connectivity index is 2.42. The molecular formula is C13H19NO3S. The van der Waals surface area contributed by atoms with Gasteiger partial charge >= 0.3 is 0 Å². The van der Waals surface area contributed by atoms with Crippen LogP contribution < -0.4 is 4.90 Å². The molecule has 1 heterocycles. The third-order valence-electron chi connectivity index (χ3n) is 3.49. The number of anilines is 1. The Hall–Kier alpha value is -1.07. The molecule has 1 atom stereocenters. The lowest BCUT2D eigenvalue weighted by atomic mass is 10.1. The van der Waals surface area contributed by atoms with E-state index in [0.29, 0.717) is 17.7 Å². The molecule has 18 heavy (non-hydrogen) atoms. The normalized spacial score (nSPS) is 21.7. The maximum absolute atomic E-state index is 12.3. The van der Waals surface area contributed by atoms with Gasteiger partial charge in [-0.15, -0.1) is 0 Å². The second-order valence-corrected chi connectivity index (χ2v) is 6.89. The van der Waals surface area contributed by atoms with E-state index in [2.05, 4.69) is 0 Å². The van der Waals surface area contributed by atoms with E-state index in [1.807, 2.05) is 31.0 Å². The summed E-state index contributed by atoms with van der Waals surface area (Å²) in [5.41, 5.74) is 1.73. The number of benzene rings is 1. The number of aliphatic hydroxyl groups is 1. The van der Waals surface area contributed by atoms with Crippen LogP contribution in [-0.2, 0) is 9.84 Å². The van der Waals surface area contributed by atoms with E-state index < -0.39 is 9.84 Å². The van der Waals surface area contributed by atoms with Crippen LogP contribution in [-0.4, -0.2) is 39.0 Å². The van der Waals surface area contributed by atoms with E-state index in [4.69, 9.17) is 5.11 Å². The van der Waals surface area contributed by atoms with Crippen LogP contribution in [0.5, 0.6) is 0 Å². The fraction of sp³-hybridized carbons (Fsp3) is 0.538. The molecular weight excluding hydrogens is 250 g/mol. The molecule has 0 saturated carbocycles. The quantitative estimate of drug-likeness (QED) is 0.900. The number of sulfone groups is 1. The summed E-state index contributed by atoms with van der Waals surface area (Å²) in [6, 6.07) is 5.49. The average molecular weight is 269 g/mol. The molecule has 2 rings (SSSR count). The molecule has 1 aromatic rings. The largest absolute Gasteiger partial charge is 0.396 e. The smallest absolute Gasteiger partial charge is 0.182 e. The summed E-state index contributed by atoms with van der Waals surface area (Å²) in [6.07, 6.45) is 1.32. The maximum Gasteiger partial charge on any atom is 0.182 e. The minimum Gasteiger partial charge on any atom is -0.396 e. The molecule has 0 radical (unpaired) electrons. The zero-order valence-electron chi connectivity index (χ0n) is 10.8. The van der Waals surface area contributed by atoms with Crippen LogP contribution in [0.1, 0.15) is 18.4 Å². The van der Waals surface area contributed by atoms with Crippen LogP contribution in [0, 0.1) is 6.92 Å². The Labute approximate surface area is 108 Å². The molecule has 100 valence electrons. The van der Waals surface area contributed by atoms with Gasteiger partial charge in [-0.25, -0.2) is 8.42 Å². The minimum atomic E-state index is -3.20. The van der Waals surface area contributed by atoms with E-state index in [0.717, 1.165) is 11.3 Å². The highest BCUT2D eigenvalue weighted by Crippen LogP contribution is 2.34. The number of aliphatic hydroxyl groups excluding tert-OH is 1. The van der Waals surface area contributed by atoms with Crippen molar-refractivity contribution in [3.63, 3.8) is 0 Å². The van der Waals surface area contributed by atoms with Crippen LogP contribution in [0.4, 0.5) is 5.69 Å². The summed E-state index contributed by atoms with van der Waals surface area (Å²) in [6.45, 7) is 2.00. The van der Waals surface area contributed by atoms with Crippen LogP contribution in [0.2, 0.25) is 0 Å². The molecule has 0 fully saturated rings. The Morgan fingerprint density at radius 2 is 2.17 bits per heavy atom. The molecule has 1 aromatic carbocycles. The number of rotatable bonds is 3. The standard InChI is InChI=1S/C13H19NO3S/c1-10-5-6-12-13(8-10)18(16,17)9-11(14(12)2)4-3-7-15/h5-6,8,11,15H,3-4,7,9H2,1-2H3. The third-order valence-corrected chi connectivity index (χ3v) is 5.31. The van der Waals surface area contributed by atoms with Crippen LogP contribution >= 0.6 is 0 Å². The summed E-state index contributed by atoms with van der Waals surface area (Å²) in [5.74, 6) is 0.139. The fourth-order valence-electron chi connectivity index (χ4n) is 2.42. The summed E-state index contributed by atoms with van der Waals surface area (Å²) >= 11 is 0. The van der Waals surface area contributed by atoms with Crippen molar-refractivity contribution in [3.05, 3.63) is 23.8 Å². The highest BCUT2D eigenvalue weighted by atomic mass is 32.2. The molecule has 0 aromatic heterocycles. The van der Waals surface area contributed by atoms with Crippen molar-refractivity contribution in [3.8, 4) is 0 Å². The third kappa shape index (κ3) is 2.37. The maximum atomic E-state index is 12.3.